The van der Waals surface area contributed by atoms with E-state index in [1.165, 1.54) is 12.1 Å². The lowest BCUT2D eigenvalue weighted by molar-refractivity contribution is -0.122. The number of hydrogen-bond donors (Lipinski definition) is 0. The van der Waals surface area contributed by atoms with Gasteiger partial charge >= 0.3 is 0 Å². The molecule has 1 aliphatic heterocycles. The molecule has 1 aromatic rings. The molecule has 9 heteroatoms. The molecule has 1 heterocycles. The molecule has 114 valence electrons. The van der Waals surface area contributed by atoms with Crippen molar-refractivity contribution < 1.29 is 18.0 Å². The Labute approximate surface area is 136 Å². The summed E-state index contributed by atoms with van der Waals surface area (Å²) >= 11 is 17.6. The van der Waals surface area contributed by atoms with E-state index in [0.29, 0.717) is 0 Å². The van der Waals surface area contributed by atoms with Crippen molar-refractivity contribution >= 4 is 62.1 Å². The van der Waals surface area contributed by atoms with Crippen LogP contribution in [0.3, 0.4) is 0 Å². The predicted octanol–water partition coefficient (Wildman–Crippen LogP) is 2.57. The lowest BCUT2D eigenvalue weighted by atomic mass is 10.1. The summed E-state index contributed by atoms with van der Waals surface area (Å²) in [5.41, 5.74) is 0.108. The van der Waals surface area contributed by atoms with Gasteiger partial charge in [-0.05, 0) is 12.1 Å². The second-order valence-electron chi connectivity index (χ2n) is 4.78. The van der Waals surface area contributed by atoms with Gasteiger partial charge in [0.25, 0.3) is 0 Å². The molecule has 0 N–H and O–H groups in total. The third-order valence-electron chi connectivity index (χ3n) is 2.97. The minimum Gasteiger partial charge on any atom is -0.274 e. The standard InChI is InChI=1S/C12H10Cl3NO4S/c1-21(19,20)5-6-2-11(17)16(12(6)18)10-4-8(14)7(13)3-9(10)15/h3-4,6H,2,5H2,1H3. The fourth-order valence-electron chi connectivity index (χ4n) is 2.13. The summed E-state index contributed by atoms with van der Waals surface area (Å²) in [6.45, 7) is 0. The van der Waals surface area contributed by atoms with Crippen molar-refractivity contribution in [3.05, 3.63) is 27.2 Å². The number of hydrogen-bond acceptors (Lipinski definition) is 4. The molecule has 1 aliphatic rings. The summed E-state index contributed by atoms with van der Waals surface area (Å²) < 4.78 is 22.6. The van der Waals surface area contributed by atoms with Gasteiger partial charge in [-0.3, -0.25) is 9.59 Å². The van der Waals surface area contributed by atoms with Gasteiger partial charge in [0.2, 0.25) is 11.8 Å². The molecule has 0 aromatic heterocycles. The highest BCUT2D eigenvalue weighted by molar-refractivity contribution is 7.90. The Bertz CT molecular complexity index is 732. The number of sulfone groups is 1. The van der Waals surface area contributed by atoms with Crippen LogP contribution in [-0.4, -0.2) is 32.2 Å². The molecule has 21 heavy (non-hydrogen) atoms. The van der Waals surface area contributed by atoms with E-state index in [4.69, 9.17) is 34.8 Å². The van der Waals surface area contributed by atoms with Crippen molar-refractivity contribution in [3.8, 4) is 0 Å². The first-order valence-electron chi connectivity index (χ1n) is 5.79. The van der Waals surface area contributed by atoms with Crippen LogP contribution in [0.15, 0.2) is 12.1 Å². The minimum atomic E-state index is -3.37. The molecular formula is C12H10Cl3NO4S. The third kappa shape index (κ3) is 3.51. The Kier molecular flexibility index (Phi) is 4.54. The quantitative estimate of drug-likeness (QED) is 0.605. The van der Waals surface area contributed by atoms with Crippen LogP contribution in [-0.2, 0) is 19.4 Å². The molecule has 0 spiro atoms. The number of halogens is 3. The molecule has 5 nitrogen and oxygen atoms in total. The number of imide groups is 1. The van der Waals surface area contributed by atoms with Crippen LogP contribution < -0.4 is 4.90 Å². The van der Waals surface area contributed by atoms with E-state index in [-0.39, 0.29) is 32.9 Å². The maximum atomic E-state index is 12.2. The molecule has 2 amide bonds. The van der Waals surface area contributed by atoms with Gasteiger partial charge in [-0.2, -0.15) is 0 Å². The summed E-state index contributed by atoms with van der Waals surface area (Å²) in [5.74, 6) is -2.41. The van der Waals surface area contributed by atoms with Crippen molar-refractivity contribution in [1.82, 2.24) is 0 Å². The molecule has 0 saturated carbocycles. The lowest BCUT2D eigenvalue weighted by Crippen LogP contribution is -2.32. The minimum absolute atomic E-state index is 0.0890. The van der Waals surface area contributed by atoms with Crippen molar-refractivity contribution in [3.63, 3.8) is 0 Å². The SMILES string of the molecule is CS(=O)(=O)CC1CC(=O)N(c2cc(Cl)c(Cl)cc2Cl)C1=O. The molecule has 0 aliphatic carbocycles. The van der Waals surface area contributed by atoms with Crippen LogP contribution in [0.2, 0.25) is 15.1 Å². The van der Waals surface area contributed by atoms with Crippen LogP contribution in [0.25, 0.3) is 0 Å². The zero-order valence-electron chi connectivity index (χ0n) is 10.8. The number of amides is 2. The summed E-state index contributed by atoms with van der Waals surface area (Å²) in [6.07, 6.45) is 0.835. The summed E-state index contributed by atoms with van der Waals surface area (Å²) in [6, 6.07) is 2.63. The van der Waals surface area contributed by atoms with Gasteiger partial charge in [0.1, 0.15) is 9.84 Å². The predicted molar refractivity (Wildman–Crippen MR) is 81.8 cm³/mol. The summed E-state index contributed by atoms with van der Waals surface area (Å²) in [7, 11) is -3.37. The van der Waals surface area contributed by atoms with E-state index in [0.717, 1.165) is 11.2 Å². The van der Waals surface area contributed by atoms with Crippen LogP contribution >= 0.6 is 34.8 Å². The average molecular weight is 371 g/mol. The van der Waals surface area contributed by atoms with E-state index >= 15 is 0 Å². The number of nitrogens with zero attached hydrogens (tertiary/aromatic N) is 1. The second-order valence-corrected chi connectivity index (χ2v) is 8.19. The number of anilines is 1. The number of rotatable bonds is 3. The average Bonchev–Trinajstić information content (AvgIpc) is 2.58. The Morgan fingerprint density at radius 1 is 1.14 bits per heavy atom. The molecule has 0 bridgehead atoms. The van der Waals surface area contributed by atoms with Crippen molar-refractivity contribution in [2.75, 3.05) is 16.9 Å². The monoisotopic (exact) mass is 369 g/mol. The van der Waals surface area contributed by atoms with Crippen LogP contribution in [0.4, 0.5) is 5.69 Å². The van der Waals surface area contributed by atoms with E-state index in [2.05, 4.69) is 0 Å². The van der Waals surface area contributed by atoms with Gasteiger partial charge in [-0.25, -0.2) is 13.3 Å². The normalized spacial score (nSPS) is 19.4. The fourth-order valence-corrected chi connectivity index (χ4v) is 3.74. The van der Waals surface area contributed by atoms with Gasteiger partial charge in [0, 0.05) is 12.7 Å². The Morgan fingerprint density at radius 3 is 2.29 bits per heavy atom. The number of carbonyl (C=O) groups excluding carboxylic acids is 2. The topological polar surface area (TPSA) is 71.5 Å². The summed E-state index contributed by atoms with van der Waals surface area (Å²) in [5, 5.41) is 0.423. The molecule has 1 atom stereocenters. The molecular weight excluding hydrogens is 361 g/mol. The van der Waals surface area contributed by atoms with Crippen molar-refractivity contribution in [1.29, 1.82) is 0 Å². The maximum absolute atomic E-state index is 12.2. The lowest BCUT2D eigenvalue weighted by Gasteiger charge is -2.17. The fraction of sp³-hybridized carbons (Fsp3) is 0.333. The first-order valence-corrected chi connectivity index (χ1v) is 8.98. The highest BCUT2D eigenvalue weighted by Crippen LogP contribution is 2.37. The molecule has 1 saturated heterocycles. The Morgan fingerprint density at radius 2 is 1.71 bits per heavy atom. The van der Waals surface area contributed by atoms with Crippen molar-refractivity contribution in [2.24, 2.45) is 5.92 Å². The number of carbonyl (C=O) groups is 2. The van der Waals surface area contributed by atoms with Gasteiger partial charge in [0.15, 0.2) is 0 Å². The second kappa shape index (κ2) is 5.76. The molecule has 2 rings (SSSR count). The highest BCUT2D eigenvalue weighted by atomic mass is 35.5. The van der Waals surface area contributed by atoms with Crippen LogP contribution in [0.1, 0.15) is 6.42 Å². The van der Waals surface area contributed by atoms with E-state index in [1.807, 2.05) is 0 Å². The first-order chi connectivity index (χ1) is 9.60. The van der Waals surface area contributed by atoms with Crippen LogP contribution in [0.5, 0.6) is 0 Å². The third-order valence-corrected chi connectivity index (χ3v) is 5.01. The van der Waals surface area contributed by atoms with E-state index in [9.17, 15) is 18.0 Å². The van der Waals surface area contributed by atoms with Gasteiger partial charge in [-0.15, -0.1) is 0 Å². The Balaban J connectivity index is 2.39. The number of benzene rings is 1. The molecule has 0 radical (unpaired) electrons. The molecule has 1 fully saturated rings. The van der Waals surface area contributed by atoms with E-state index in [1.54, 1.807) is 0 Å². The molecule has 1 unspecified atom stereocenters. The van der Waals surface area contributed by atoms with Gasteiger partial charge < -0.3 is 0 Å². The zero-order valence-corrected chi connectivity index (χ0v) is 13.9. The van der Waals surface area contributed by atoms with Crippen molar-refractivity contribution in [2.45, 2.75) is 6.42 Å². The van der Waals surface area contributed by atoms with Gasteiger partial charge in [0.05, 0.1) is 32.4 Å². The van der Waals surface area contributed by atoms with E-state index < -0.39 is 27.6 Å². The summed E-state index contributed by atoms with van der Waals surface area (Å²) in [4.78, 5) is 25.1. The smallest absolute Gasteiger partial charge is 0.238 e. The largest absolute Gasteiger partial charge is 0.274 e. The maximum Gasteiger partial charge on any atom is 0.238 e. The molecule has 1 aromatic carbocycles. The Hall–Kier alpha value is -0.820. The van der Waals surface area contributed by atoms with Crippen LogP contribution in [0, 0.1) is 5.92 Å². The first kappa shape index (κ1) is 16.5. The zero-order chi connectivity index (χ0) is 15.9. The highest BCUT2D eigenvalue weighted by Gasteiger charge is 2.41. The van der Waals surface area contributed by atoms with Gasteiger partial charge in [-0.1, -0.05) is 34.8 Å².